The molecule has 0 atom stereocenters. The molecule has 0 aliphatic heterocycles. The maximum absolute atomic E-state index is 12.3. The lowest BCUT2D eigenvalue weighted by Gasteiger charge is -2.07. The second-order valence-electron chi connectivity index (χ2n) is 4.09. The van der Waals surface area contributed by atoms with Crippen LogP contribution in [-0.4, -0.2) is 16.1 Å². The first-order valence-electron chi connectivity index (χ1n) is 6.26. The Morgan fingerprint density at radius 2 is 1.86 bits per heavy atom. The van der Waals surface area contributed by atoms with Crippen molar-refractivity contribution in [3.8, 4) is 0 Å². The largest absolute Gasteiger partial charge is 0.478 e. The summed E-state index contributed by atoms with van der Waals surface area (Å²) in [5.41, 5.74) is -0.129. The predicted octanol–water partition coefficient (Wildman–Crippen LogP) is 1.60. The number of aromatic amines is 1. The van der Waals surface area contributed by atoms with E-state index in [0.717, 1.165) is 0 Å². The van der Waals surface area contributed by atoms with Crippen LogP contribution in [0.25, 0.3) is 17.7 Å². The number of rotatable bonds is 5. The molecule has 0 saturated carbocycles. The number of hydrogen-bond acceptors (Lipinski definition) is 2. The van der Waals surface area contributed by atoms with Crippen LogP contribution < -0.4 is 16.1 Å². The van der Waals surface area contributed by atoms with Crippen LogP contribution in [0.3, 0.4) is 0 Å². The monoisotopic (exact) mass is 283 g/mol. The van der Waals surface area contributed by atoms with Crippen molar-refractivity contribution in [2.75, 3.05) is 0 Å². The third-order valence-corrected chi connectivity index (χ3v) is 2.88. The van der Waals surface area contributed by atoms with Crippen LogP contribution in [-0.2, 0) is 0 Å². The third kappa shape index (κ3) is 3.17. The van der Waals surface area contributed by atoms with Crippen molar-refractivity contribution in [1.29, 1.82) is 0 Å². The predicted molar refractivity (Wildman–Crippen MR) is 86.4 cm³/mol. The molecule has 0 aliphatic carbocycles. The van der Waals surface area contributed by atoms with Crippen molar-refractivity contribution in [1.82, 2.24) is 4.98 Å². The summed E-state index contributed by atoms with van der Waals surface area (Å²) in [4.78, 5) is 26.6. The number of nitrogens with one attached hydrogen (secondary N) is 1. The van der Waals surface area contributed by atoms with Gasteiger partial charge >= 0.3 is 5.97 Å². The van der Waals surface area contributed by atoms with Crippen LogP contribution in [0, 0.1) is 0 Å². The third-order valence-electron chi connectivity index (χ3n) is 2.88. The Balaban J connectivity index is 4.18. The van der Waals surface area contributed by atoms with E-state index in [9.17, 15) is 14.7 Å². The zero-order chi connectivity index (χ0) is 16.0. The molecule has 1 rings (SSSR count). The zero-order valence-corrected chi connectivity index (χ0v) is 11.8. The SMILES string of the molecule is C=C/C=c1/c(C(=O)O)c(/C(C=C)=C/C=C)c(=O)[nH]/c1=C/C. The average molecular weight is 283 g/mol. The Morgan fingerprint density at radius 1 is 1.19 bits per heavy atom. The van der Waals surface area contributed by atoms with E-state index in [-0.39, 0.29) is 11.1 Å². The molecule has 0 aliphatic rings. The van der Waals surface area contributed by atoms with Gasteiger partial charge in [-0.3, -0.25) is 4.79 Å². The maximum Gasteiger partial charge on any atom is 0.337 e. The summed E-state index contributed by atoms with van der Waals surface area (Å²) in [6.45, 7) is 12.5. The smallest absolute Gasteiger partial charge is 0.337 e. The van der Waals surface area contributed by atoms with Gasteiger partial charge in [-0.2, -0.15) is 0 Å². The van der Waals surface area contributed by atoms with Crippen molar-refractivity contribution in [2.45, 2.75) is 6.92 Å². The Hall–Kier alpha value is -2.88. The number of aromatic nitrogens is 1. The topological polar surface area (TPSA) is 70.2 Å². The molecule has 0 spiro atoms. The van der Waals surface area contributed by atoms with E-state index >= 15 is 0 Å². The van der Waals surface area contributed by atoms with E-state index in [2.05, 4.69) is 24.7 Å². The zero-order valence-electron chi connectivity index (χ0n) is 11.8. The van der Waals surface area contributed by atoms with E-state index in [0.29, 0.717) is 16.1 Å². The molecule has 0 unspecified atom stereocenters. The Morgan fingerprint density at radius 3 is 2.29 bits per heavy atom. The van der Waals surface area contributed by atoms with Crippen LogP contribution in [0.1, 0.15) is 22.8 Å². The van der Waals surface area contributed by atoms with Crippen LogP contribution >= 0.6 is 0 Å². The summed E-state index contributed by atoms with van der Waals surface area (Å²) in [5, 5.41) is 10.4. The molecule has 1 aromatic heterocycles. The number of carbonyl (C=O) groups is 1. The number of pyridine rings is 1. The highest BCUT2D eigenvalue weighted by molar-refractivity contribution is 5.96. The molecule has 0 saturated heterocycles. The van der Waals surface area contributed by atoms with E-state index in [4.69, 9.17) is 0 Å². The van der Waals surface area contributed by atoms with Crippen molar-refractivity contribution in [3.63, 3.8) is 0 Å². The molecule has 0 bridgehead atoms. The number of aromatic carboxylic acids is 1. The molecular formula is C17H17NO3. The molecule has 0 amide bonds. The van der Waals surface area contributed by atoms with Gasteiger partial charge in [0.05, 0.1) is 11.1 Å². The highest BCUT2D eigenvalue weighted by Gasteiger charge is 2.18. The minimum atomic E-state index is -1.19. The second-order valence-corrected chi connectivity index (χ2v) is 4.09. The van der Waals surface area contributed by atoms with E-state index in [1.54, 1.807) is 19.1 Å². The van der Waals surface area contributed by atoms with E-state index < -0.39 is 11.5 Å². The molecule has 21 heavy (non-hydrogen) atoms. The van der Waals surface area contributed by atoms with Gasteiger partial charge in [-0.25, -0.2) is 4.79 Å². The molecule has 0 radical (unpaired) electrons. The minimum absolute atomic E-state index is 0.0519. The number of hydrogen-bond donors (Lipinski definition) is 2. The lowest BCUT2D eigenvalue weighted by molar-refractivity contribution is 0.0695. The summed E-state index contributed by atoms with van der Waals surface area (Å²) in [5.74, 6) is -1.19. The summed E-state index contributed by atoms with van der Waals surface area (Å²) in [6.07, 6.45) is 9.09. The minimum Gasteiger partial charge on any atom is -0.478 e. The average Bonchev–Trinajstić information content (AvgIpc) is 2.46. The van der Waals surface area contributed by atoms with Crippen molar-refractivity contribution in [2.24, 2.45) is 0 Å². The lowest BCUT2D eigenvalue weighted by Crippen LogP contribution is -2.41. The second kappa shape index (κ2) is 7.05. The number of H-pyrrole nitrogens is 1. The van der Waals surface area contributed by atoms with Crippen molar-refractivity contribution < 1.29 is 9.90 Å². The number of carboxylic acids is 1. The number of allylic oxidation sites excluding steroid dienone is 5. The van der Waals surface area contributed by atoms with Crippen molar-refractivity contribution >= 4 is 23.7 Å². The van der Waals surface area contributed by atoms with Gasteiger partial charge in [0.25, 0.3) is 5.56 Å². The summed E-state index contributed by atoms with van der Waals surface area (Å²) >= 11 is 0. The first-order valence-corrected chi connectivity index (χ1v) is 6.26. The Kier molecular flexibility index (Phi) is 5.43. The lowest BCUT2D eigenvalue weighted by atomic mass is 9.98. The van der Waals surface area contributed by atoms with Gasteiger partial charge < -0.3 is 10.1 Å². The highest BCUT2D eigenvalue weighted by Crippen LogP contribution is 2.13. The summed E-state index contributed by atoms with van der Waals surface area (Å²) < 4.78 is 0. The van der Waals surface area contributed by atoms with Crippen LogP contribution in [0.15, 0.2) is 48.8 Å². The normalized spacial score (nSPS) is 13.1. The quantitative estimate of drug-likeness (QED) is 0.806. The van der Waals surface area contributed by atoms with Gasteiger partial charge in [0.2, 0.25) is 0 Å². The summed E-state index contributed by atoms with van der Waals surface area (Å²) in [7, 11) is 0. The van der Waals surface area contributed by atoms with Crippen molar-refractivity contribution in [3.05, 3.63) is 76.1 Å². The molecule has 0 aromatic carbocycles. The van der Waals surface area contributed by atoms with E-state index in [1.807, 2.05) is 0 Å². The molecule has 4 nitrogen and oxygen atoms in total. The van der Waals surface area contributed by atoms with Crippen LogP contribution in [0.4, 0.5) is 0 Å². The Labute approximate surface area is 122 Å². The number of carboxylic acid groups (broad SMARTS) is 1. The fourth-order valence-electron chi connectivity index (χ4n) is 2.03. The molecule has 0 fully saturated rings. The fraction of sp³-hybridized carbons (Fsp3) is 0.0588. The van der Waals surface area contributed by atoms with Gasteiger partial charge in [0.1, 0.15) is 0 Å². The van der Waals surface area contributed by atoms with Gasteiger partial charge in [-0.15, -0.1) is 0 Å². The Bertz CT molecular complexity index is 808. The van der Waals surface area contributed by atoms with Gasteiger partial charge in [-0.1, -0.05) is 56.2 Å². The molecular weight excluding hydrogens is 266 g/mol. The van der Waals surface area contributed by atoms with Crippen LogP contribution in [0.5, 0.6) is 0 Å². The molecule has 1 aromatic rings. The molecule has 1 heterocycles. The van der Waals surface area contributed by atoms with Gasteiger partial charge in [-0.05, 0) is 12.5 Å². The molecule has 4 heteroatoms. The molecule has 108 valence electrons. The standard InChI is InChI=1S/C17H17NO3/c1-5-9-11(7-3)14-15(17(20)21)12(10-6-2)13(8-4)18-16(14)19/h5-10H,1-3H2,4H3,(H,18,19)(H,20,21)/b11-9+,12-10+,13-8+. The highest BCUT2D eigenvalue weighted by atomic mass is 16.4. The fourth-order valence-corrected chi connectivity index (χ4v) is 2.03. The first kappa shape index (κ1) is 16.2. The van der Waals surface area contributed by atoms with Gasteiger partial charge in [0, 0.05) is 10.6 Å². The first-order chi connectivity index (χ1) is 10.0. The van der Waals surface area contributed by atoms with E-state index in [1.165, 1.54) is 24.3 Å². The van der Waals surface area contributed by atoms with Crippen LogP contribution in [0.2, 0.25) is 0 Å². The van der Waals surface area contributed by atoms with Gasteiger partial charge in [0.15, 0.2) is 0 Å². The summed E-state index contributed by atoms with van der Waals surface area (Å²) in [6, 6.07) is 0. The molecule has 2 N–H and O–H groups in total. The maximum atomic E-state index is 12.3.